The highest BCUT2D eigenvalue weighted by Crippen LogP contribution is 2.07. The normalized spacial score (nSPS) is 19.5. The molecule has 2 amide bonds. The fourth-order valence-corrected chi connectivity index (χ4v) is 1.01. The van der Waals surface area contributed by atoms with Crippen molar-refractivity contribution >= 4 is 6.03 Å². The van der Waals surface area contributed by atoms with Gasteiger partial charge in [-0.1, -0.05) is 0 Å². The number of carbonyl (C=O) groups excluding carboxylic acids is 1. The Kier molecular flexibility index (Phi) is 2.88. The monoisotopic (exact) mass is 173 g/mol. The highest BCUT2D eigenvalue weighted by atomic mass is 16.3. The Morgan fingerprint density at radius 2 is 2.25 bits per heavy atom. The van der Waals surface area contributed by atoms with Gasteiger partial charge in [-0.25, -0.2) is 4.79 Å². The highest BCUT2D eigenvalue weighted by molar-refractivity contribution is 5.73. The Balaban J connectivity index is 2.12. The van der Waals surface area contributed by atoms with Crippen molar-refractivity contribution in [2.45, 2.75) is 12.5 Å². The van der Waals surface area contributed by atoms with E-state index in [0.717, 1.165) is 0 Å². The third kappa shape index (κ3) is 2.35. The van der Waals surface area contributed by atoms with Crippen molar-refractivity contribution in [1.29, 1.82) is 0 Å². The number of hydrogen-bond donors (Lipinski definition) is 4. The van der Waals surface area contributed by atoms with E-state index in [2.05, 4.69) is 16.0 Å². The van der Waals surface area contributed by atoms with Crippen molar-refractivity contribution in [1.82, 2.24) is 16.0 Å². The molecule has 1 heterocycles. The SMILES string of the molecule is CCNC(=O)NCC1(O)CNC1. The lowest BCUT2D eigenvalue weighted by molar-refractivity contribution is -0.00606. The van der Waals surface area contributed by atoms with Crippen LogP contribution < -0.4 is 16.0 Å². The molecule has 12 heavy (non-hydrogen) atoms. The number of aliphatic hydroxyl groups is 1. The lowest BCUT2D eigenvalue weighted by Crippen LogP contribution is -2.65. The van der Waals surface area contributed by atoms with Crippen LogP contribution in [0.2, 0.25) is 0 Å². The molecule has 4 N–H and O–H groups in total. The van der Waals surface area contributed by atoms with Crippen molar-refractivity contribution in [2.24, 2.45) is 0 Å². The Hall–Kier alpha value is -0.810. The number of urea groups is 1. The minimum absolute atomic E-state index is 0.224. The quantitative estimate of drug-likeness (QED) is 0.426. The van der Waals surface area contributed by atoms with Crippen LogP contribution in [-0.2, 0) is 0 Å². The van der Waals surface area contributed by atoms with Crippen LogP contribution in [0.25, 0.3) is 0 Å². The number of carbonyl (C=O) groups is 1. The van der Waals surface area contributed by atoms with Crippen molar-refractivity contribution in [3.8, 4) is 0 Å². The van der Waals surface area contributed by atoms with Crippen LogP contribution in [0.5, 0.6) is 0 Å². The van der Waals surface area contributed by atoms with Crippen LogP contribution in [0, 0.1) is 0 Å². The van der Waals surface area contributed by atoms with Crippen molar-refractivity contribution in [3.63, 3.8) is 0 Å². The van der Waals surface area contributed by atoms with Gasteiger partial charge in [0.1, 0.15) is 5.60 Å². The second-order valence-electron chi connectivity index (χ2n) is 3.04. The van der Waals surface area contributed by atoms with Gasteiger partial charge in [0.25, 0.3) is 0 Å². The first-order valence-corrected chi connectivity index (χ1v) is 4.11. The summed E-state index contributed by atoms with van der Waals surface area (Å²) in [6.45, 7) is 3.87. The summed E-state index contributed by atoms with van der Waals surface area (Å²) in [6, 6.07) is -0.224. The van der Waals surface area contributed by atoms with Crippen molar-refractivity contribution in [3.05, 3.63) is 0 Å². The van der Waals surface area contributed by atoms with Crippen molar-refractivity contribution < 1.29 is 9.90 Å². The molecule has 1 aliphatic heterocycles. The molecule has 1 fully saturated rings. The summed E-state index contributed by atoms with van der Waals surface area (Å²) in [5.74, 6) is 0. The van der Waals surface area contributed by atoms with Gasteiger partial charge in [0.15, 0.2) is 0 Å². The van der Waals surface area contributed by atoms with Crippen LogP contribution in [-0.4, -0.2) is 42.9 Å². The van der Waals surface area contributed by atoms with Crippen LogP contribution in [0.4, 0.5) is 4.79 Å². The summed E-state index contributed by atoms with van der Waals surface area (Å²) >= 11 is 0. The van der Waals surface area contributed by atoms with E-state index >= 15 is 0 Å². The number of β-amino-alcohol motifs (C(OH)–C–C–N with tert-alkyl or cyclic N) is 1. The topological polar surface area (TPSA) is 73.4 Å². The molecule has 5 heteroatoms. The molecule has 0 unspecified atom stereocenters. The second kappa shape index (κ2) is 3.73. The molecular weight excluding hydrogens is 158 g/mol. The highest BCUT2D eigenvalue weighted by Gasteiger charge is 2.34. The maximum absolute atomic E-state index is 10.9. The fourth-order valence-electron chi connectivity index (χ4n) is 1.01. The van der Waals surface area contributed by atoms with Gasteiger partial charge in [-0.05, 0) is 6.92 Å². The first-order valence-electron chi connectivity index (χ1n) is 4.11. The molecule has 0 spiro atoms. The first kappa shape index (κ1) is 9.28. The van der Waals surface area contributed by atoms with E-state index in [4.69, 9.17) is 0 Å². The predicted molar refractivity (Wildman–Crippen MR) is 44.9 cm³/mol. The molecule has 0 aromatic rings. The maximum atomic E-state index is 10.9. The van der Waals surface area contributed by atoms with Gasteiger partial charge < -0.3 is 21.1 Å². The molecule has 0 aromatic heterocycles. The Labute approximate surface area is 71.5 Å². The molecule has 1 rings (SSSR count). The predicted octanol–water partition coefficient (Wildman–Crippen LogP) is -1.36. The van der Waals surface area contributed by atoms with E-state index in [1.165, 1.54) is 0 Å². The second-order valence-corrected chi connectivity index (χ2v) is 3.04. The zero-order chi connectivity index (χ0) is 9.03. The number of amides is 2. The molecule has 1 aliphatic rings. The minimum Gasteiger partial charge on any atom is -0.385 e. The fraction of sp³-hybridized carbons (Fsp3) is 0.857. The minimum atomic E-state index is -0.731. The molecule has 0 bridgehead atoms. The lowest BCUT2D eigenvalue weighted by Gasteiger charge is -2.37. The van der Waals surface area contributed by atoms with E-state index in [-0.39, 0.29) is 6.03 Å². The van der Waals surface area contributed by atoms with Gasteiger partial charge >= 0.3 is 6.03 Å². The number of rotatable bonds is 3. The molecule has 70 valence electrons. The average molecular weight is 173 g/mol. The molecule has 0 aromatic carbocycles. The maximum Gasteiger partial charge on any atom is 0.314 e. The van der Waals surface area contributed by atoms with E-state index in [1.807, 2.05) is 6.92 Å². The summed E-state index contributed by atoms with van der Waals surface area (Å²) in [6.07, 6.45) is 0. The van der Waals surface area contributed by atoms with Gasteiger partial charge in [-0.2, -0.15) is 0 Å². The Bertz CT molecular complexity index is 168. The molecule has 5 nitrogen and oxygen atoms in total. The van der Waals surface area contributed by atoms with E-state index in [9.17, 15) is 9.90 Å². The van der Waals surface area contributed by atoms with Gasteiger partial charge in [0.05, 0.1) is 6.54 Å². The molecule has 1 saturated heterocycles. The average Bonchev–Trinajstić information content (AvgIpc) is 1.98. The van der Waals surface area contributed by atoms with Crippen LogP contribution in [0.1, 0.15) is 6.92 Å². The molecule has 0 radical (unpaired) electrons. The Morgan fingerprint density at radius 3 is 2.67 bits per heavy atom. The van der Waals surface area contributed by atoms with E-state index < -0.39 is 5.60 Å². The van der Waals surface area contributed by atoms with Gasteiger partial charge in [-0.3, -0.25) is 0 Å². The lowest BCUT2D eigenvalue weighted by atomic mass is 9.98. The van der Waals surface area contributed by atoms with Crippen LogP contribution in [0.15, 0.2) is 0 Å². The summed E-state index contributed by atoms with van der Waals surface area (Å²) in [5, 5.41) is 17.6. The first-order chi connectivity index (χ1) is 5.66. The zero-order valence-electron chi connectivity index (χ0n) is 7.18. The molecule has 0 aliphatic carbocycles. The summed E-state index contributed by atoms with van der Waals surface area (Å²) in [7, 11) is 0. The van der Waals surface area contributed by atoms with Gasteiger partial charge in [-0.15, -0.1) is 0 Å². The van der Waals surface area contributed by atoms with Gasteiger partial charge in [0, 0.05) is 19.6 Å². The third-order valence-electron chi connectivity index (χ3n) is 1.82. The molecule has 0 atom stereocenters. The largest absolute Gasteiger partial charge is 0.385 e. The van der Waals surface area contributed by atoms with E-state index in [0.29, 0.717) is 26.2 Å². The summed E-state index contributed by atoms with van der Waals surface area (Å²) < 4.78 is 0. The van der Waals surface area contributed by atoms with Crippen LogP contribution >= 0.6 is 0 Å². The van der Waals surface area contributed by atoms with Gasteiger partial charge in [0.2, 0.25) is 0 Å². The Morgan fingerprint density at radius 1 is 1.58 bits per heavy atom. The van der Waals surface area contributed by atoms with E-state index in [1.54, 1.807) is 0 Å². The van der Waals surface area contributed by atoms with Crippen molar-refractivity contribution in [2.75, 3.05) is 26.2 Å². The summed E-state index contributed by atoms with van der Waals surface area (Å²) in [4.78, 5) is 10.9. The van der Waals surface area contributed by atoms with Crippen LogP contribution in [0.3, 0.4) is 0 Å². The summed E-state index contributed by atoms with van der Waals surface area (Å²) in [5.41, 5.74) is -0.731. The molecule has 0 saturated carbocycles. The molecular formula is C7H15N3O2. The smallest absolute Gasteiger partial charge is 0.314 e. The zero-order valence-corrected chi connectivity index (χ0v) is 7.18. The standard InChI is InChI=1S/C7H15N3O2/c1-2-9-6(11)10-5-7(12)3-8-4-7/h8,12H,2-5H2,1H3,(H2,9,10,11). The third-order valence-corrected chi connectivity index (χ3v) is 1.82. The number of nitrogens with one attached hydrogen (secondary N) is 3. The number of hydrogen-bond acceptors (Lipinski definition) is 3.